The average molecular weight is 359 g/mol. The molecule has 112 valence electrons. The van der Waals surface area contributed by atoms with Crippen LogP contribution in [-0.2, 0) is 6.42 Å². The summed E-state index contributed by atoms with van der Waals surface area (Å²) >= 11 is 5.68. The molecule has 3 nitrogen and oxygen atoms in total. The molecule has 0 amide bonds. The van der Waals surface area contributed by atoms with Crippen molar-refractivity contribution in [1.29, 1.82) is 0 Å². The summed E-state index contributed by atoms with van der Waals surface area (Å²) in [4.78, 5) is 0. The molecular weight excluding hydrogens is 336 g/mol. The second-order valence-corrected chi connectivity index (χ2v) is 7.40. The molecule has 1 fully saturated rings. The summed E-state index contributed by atoms with van der Waals surface area (Å²) in [5, 5.41) is 0. The minimum atomic E-state index is 0.325. The van der Waals surface area contributed by atoms with Gasteiger partial charge in [-0.25, -0.2) is 0 Å². The van der Waals surface area contributed by atoms with Gasteiger partial charge in [0.2, 0.25) is 0 Å². The standard InChI is InChI=1S/C15H23BrN2OS/c1-19-14-2-3-15(16)12(10-14)9-13(18-17)8-11-4-6-20-7-5-11/h2-3,10-11,13,18H,4-9,17H2,1H3. The number of ether oxygens (including phenoxy) is 1. The Hall–Kier alpha value is -0.230. The first kappa shape index (κ1) is 16.1. The molecule has 1 aromatic carbocycles. The molecule has 1 atom stereocenters. The third kappa shape index (κ3) is 4.65. The van der Waals surface area contributed by atoms with Gasteiger partial charge in [-0.1, -0.05) is 15.9 Å². The maximum atomic E-state index is 5.76. The Kier molecular flexibility index (Phi) is 6.68. The first-order valence-electron chi connectivity index (χ1n) is 7.09. The number of halogens is 1. The number of methoxy groups -OCH3 is 1. The first-order chi connectivity index (χ1) is 9.72. The van der Waals surface area contributed by atoms with Crippen LogP contribution in [-0.4, -0.2) is 24.7 Å². The van der Waals surface area contributed by atoms with Crippen LogP contribution in [0.2, 0.25) is 0 Å². The van der Waals surface area contributed by atoms with E-state index in [-0.39, 0.29) is 0 Å². The summed E-state index contributed by atoms with van der Waals surface area (Å²) < 4.78 is 6.42. The van der Waals surface area contributed by atoms with Crippen LogP contribution in [0.1, 0.15) is 24.8 Å². The number of thioether (sulfide) groups is 1. The van der Waals surface area contributed by atoms with Gasteiger partial charge in [-0.15, -0.1) is 0 Å². The van der Waals surface area contributed by atoms with Crippen molar-refractivity contribution >= 4 is 27.7 Å². The fraction of sp³-hybridized carbons (Fsp3) is 0.600. The van der Waals surface area contributed by atoms with Gasteiger partial charge in [-0.3, -0.25) is 11.3 Å². The molecule has 0 saturated carbocycles. The van der Waals surface area contributed by atoms with Gasteiger partial charge in [-0.2, -0.15) is 11.8 Å². The molecule has 1 heterocycles. The lowest BCUT2D eigenvalue weighted by Crippen LogP contribution is -2.38. The summed E-state index contributed by atoms with van der Waals surface area (Å²) in [5.74, 6) is 10.1. The van der Waals surface area contributed by atoms with Gasteiger partial charge >= 0.3 is 0 Å². The Morgan fingerprint density at radius 2 is 2.20 bits per heavy atom. The van der Waals surface area contributed by atoms with Gasteiger partial charge in [0.05, 0.1) is 7.11 Å². The fourth-order valence-electron chi connectivity index (χ4n) is 2.69. The lowest BCUT2D eigenvalue weighted by Gasteiger charge is -2.26. The lowest BCUT2D eigenvalue weighted by atomic mass is 9.91. The van der Waals surface area contributed by atoms with Gasteiger partial charge in [0.1, 0.15) is 5.75 Å². The Bertz CT molecular complexity index is 424. The van der Waals surface area contributed by atoms with E-state index >= 15 is 0 Å². The summed E-state index contributed by atoms with van der Waals surface area (Å²) in [7, 11) is 1.70. The normalized spacial score (nSPS) is 17.9. The number of benzene rings is 1. The molecule has 1 aliphatic heterocycles. The predicted octanol–water partition coefficient (Wildman–Crippen LogP) is 3.37. The number of rotatable bonds is 6. The van der Waals surface area contributed by atoms with Gasteiger partial charge in [0.15, 0.2) is 0 Å². The van der Waals surface area contributed by atoms with E-state index in [1.807, 2.05) is 12.1 Å². The molecule has 1 aliphatic rings. The number of hydrogen-bond acceptors (Lipinski definition) is 4. The van der Waals surface area contributed by atoms with E-state index in [1.54, 1.807) is 7.11 Å². The van der Waals surface area contributed by atoms with Crippen molar-refractivity contribution in [2.24, 2.45) is 11.8 Å². The van der Waals surface area contributed by atoms with Crippen LogP contribution in [0.5, 0.6) is 5.75 Å². The van der Waals surface area contributed by atoms with Crippen molar-refractivity contribution < 1.29 is 4.74 Å². The van der Waals surface area contributed by atoms with Crippen LogP contribution in [0.3, 0.4) is 0 Å². The van der Waals surface area contributed by atoms with E-state index in [0.717, 1.165) is 29.0 Å². The third-order valence-corrected chi connectivity index (χ3v) is 5.74. The first-order valence-corrected chi connectivity index (χ1v) is 9.04. The van der Waals surface area contributed by atoms with Crippen LogP contribution in [0, 0.1) is 5.92 Å². The molecule has 1 saturated heterocycles. The molecule has 20 heavy (non-hydrogen) atoms. The van der Waals surface area contributed by atoms with E-state index in [4.69, 9.17) is 10.6 Å². The Balaban J connectivity index is 1.98. The zero-order valence-corrected chi connectivity index (χ0v) is 14.3. The van der Waals surface area contributed by atoms with E-state index in [2.05, 4.69) is 39.2 Å². The van der Waals surface area contributed by atoms with Gasteiger partial charge in [-0.05, 0) is 66.9 Å². The number of nitrogens with one attached hydrogen (secondary N) is 1. The molecule has 0 aliphatic carbocycles. The minimum absolute atomic E-state index is 0.325. The zero-order chi connectivity index (χ0) is 14.4. The van der Waals surface area contributed by atoms with Crippen molar-refractivity contribution in [3.63, 3.8) is 0 Å². The lowest BCUT2D eigenvalue weighted by molar-refractivity contribution is 0.364. The quantitative estimate of drug-likeness (QED) is 0.604. The number of hydrazine groups is 1. The van der Waals surface area contributed by atoms with Crippen molar-refractivity contribution in [2.45, 2.75) is 31.7 Å². The topological polar surface area (TPSA) is 47.3 Å². The van der Waals surface area contributed by atoms with Crippen molar-refractivity contribution in [2.75, 3.05) is 18.6 Å². The van der Waals surface area contributed by atoms with E-state index in [0.29, 0.717) is 6.04 Å². The largest absolute Gasteiger partial charge is 0.497 e. The summed E-state index contributed by atoms with van der Waals surface area (Å²) in [6.07, 6.45) is 4.73. The highest BCUT2D eigenvalue weighted by Crippen LogP contribution is 2.29. The molecule has 0 spiro atoms. The van der Waals surface area contributed by atoms with Gasteiger partial charge < -0.3 is 4.74 Å². The van der Waals surface area contributed by atoms with Crippen LogP contribution in [0.25, 0.3) is 0 Å². The second kappa shape index (κ2) is 8.27. The van der Waals surface area contributed by atoms with Gasteiger partial charge in [0.25, 0.3) is 0 Å². The minimum Gasteiger partial charge on any atom is -0.497 e. The maximum Gasteiger partial charge on any atom is 0.119 e. The molecule has 0 bridgehead atoms. The smallest absolute Gasteiger partial charge is 0.119 e. The van der Waals surface area contributed by atoms with Crippen LogP contribution in [0.4, 0.5) is 0 Å². The van der Waals surface area contributed by atoms with Crippen LogP contribution < -0.4 is 16.0 Å². The number of hydrogen-bond donors (Lipinski definition) is 2. The highest BCUT2D eigenvalue weighted by Gasteiger charge is 2.19. The highest BCUT2D eigenvalue weighted by molar-refractivity contribution is 9.10. The fourth-order valence-corrected chi connectivity index (χ4v) is 4.31. The van der Waals surface area contributed by atoms with Crippen molar-refractivity contribution in [1.82, 2.24) is 5.43 Å². The highest BCUT2D eigenvalue weighted by atomic mass is 79.9. The Morgan fingerprint density at radius 1 is 1.45 bits per heavy atom. The average Bonchev–Trinajstić information content (AvgIpc) is 2.49. The predicted molar refractivity (Wildman–Crippen MR) is 90.2 cm³/mol. The maximum absolute atomic E-state index is 5.76. The molecule has 5 heteroatoms. The Morgan fingerprint density at radius 3 is 2.85 bits per heavy atom. The van der Waals surface area contributed by atoms with E-state index in [9.17, 15) is 0 Å². The summed E-state index contributed by atoms with van der Waals surface area (Å²) in [6.45, 7) is 0. The second-order valence-electron chi connectivity index (χ2n) is 5.32. The monoisotopic (exact) mass is 358 g/mol. The number of nitrogens with two attached hydrogens (primary N) is 1. The van der Waals surface area contributed by atoms with Crippen LogP contribution in [0.15, 0.2) is 22.7 Å². The zero-order valence-electron chi connectivity index (χ0n) is 11.9. The van der Waals surface area contributed by atoms with Gasteiger partial charge in [0, 0.05) is 10.5 Å². The summed E-state index contributed by atoms with van der Waals surface area (Å²) in [6, 6.07) is 6.42. The van der Waals surface area contributed by atoms with E-state index < -0.39 is 0 Å². The molecule has 1 aromatic rings. The van der Waals surface area contributed by atoms with E-state index in [1.165, 1.54) is 29.9 Å². The Labute approximate surface area is 134 Å². The molecule has 1 unspecified atom stereocenters. The SMILES string of the molecule is COc1ccc(Br)c(CC(CC2CCSCC2)NN)c1. The summed E-state index contributed by atoms with van der Waals surface area (Å²) in [5.41, 5.74) is 4.24. The molecule has 2 rings (SSSR count). The molecule has 3 N–H and O–H groups in total. The molecule has 0 radical (unpaired) electrons. The van der Waals surface area contributed by atoms with Crippen molar-refractivity contribution in [3.05, 3.63) is 28.2 Å². The molecule has 0 aromatic heterocycles. The van der Waals surface area contributed by atoms with Crippen LogP contribution >= 0.6 is 27.7 Å². The van der Waals surface area contributed by atoms with Crippen molar-refractivity contribution in [3.8, 4) is 5.75 Å². The molecular formula is C15H23BrN2OS. The third-order valence-electron chi connectivity index (χ3n) is 3.91.